The van der Waals surface area contributed by atoms with Crippen molar-refractivity contribution in [2.75, 3.05) is 13.2 Å². The molecule has 0 bridgehead atoms. The van der Waals surface area contributed by atoms with Gasteiger partial charge < -0.3 is 15.2 Å². The van der Waals surface area contributed by atoms with Crippen LogP contribution < -0.4 is 10.1 Å². The number of rotatable bonds is 4. The molecular weight excluding hydrogens is 250 g/mol. The van der Waals surface area contributed by atoms with Crippen LogP contribution in [-0.4, -0.2) is 35.9 Å². The first-order valence-corrected chi connectivity index (χ1v) is 5.88. The number of hydrogen-bond donors (Lipinski definition) is 2. The Hall–Kier alpha value is -2.37. The molecule has 2 N–H and O–H groups in total. The summed E-state index contributed by atoms with van der Waals surface area (Å²) in [5, 5.41) is 11.2. The molecule has 1 aliphatic heterocycles. The number of ether oxygens (including phenoxy) is 1. The third-order valence-corrected chi connectivity index (χ3v) is 2.76. The standard InChI is InChI=1S/C13H13NO5/c15-10(2-4-12(16)17)8-1-3-11-9(7-8)13(18)14-5-6-19-11/h1,3,7H,2,4-6H2,(H,14,18)(H,16,17). The average molecular weight is 263 g/mol. The zero-order valence-electron chi connectivity index (χ0n) is 10.1. The molecule has 0 saturated carbocycles. The van der Waals surface area contributed by atoms with E-state index in [1.165, 1.54) is 6.07 Å². The Bertz CT molecular complexity index is 538. The second-order valence-electron chi connectivity index (χ2n) is 4.13. The van der Waals surface area contributed by atoms with E-state index in [4.69, 9.17) is 9.84 Å². The number of carboxylic acids is 1. The van der Waals surface area contributed by atoms with Crippen LogP contribution in [0.3, 0.4) is 0 Å². The Balaban J connectivity index is 2.22. The molecule has 19 heavy (non-hydrogen) atoms. The first kappa shape index (κ1) is 13.1. The maximum Gasteiger partial charge on any atom is 0.303 e. The molecule has 1 aromatic carbocycles. The number of fused-ring (bicyclic) bond motifs is 1. The number of ketones is 1. The molecule has 0 fully saturated rings. The van der Waals surface area contributed by atoms with E-state index in [9.17, 15) is 14.4 Å². The molecule has 0 spiro atoms. The van der Waals surface area contributed by atoms with Crippen LogP contribution in [0.15, 0.2) is 18.2 Å². The van der Waals surface area contributed by atoms with Gasteiger partial charge in [-0.3, -0.25) is 14.4 Å². The van der Waals surface area contributed by atoms with Crippen molar-refractivity contribution in [2.45, 2.75) is 12.8 Å². The maximum absolute atomic E-state index is 11.8. The van der Waals surface area contributed by atoms with Crippen molar-refractivity contribution < 1.29 is 24.2 Å². The molecule has 1 aliphatic rings. The van der Waals surface area contributed by atoms with Gasteiger partial charge in [0.25, 0.3) is 5.91 Å². The number of nitrogens with one attached hydrogen (secondary N) is 1. The molecule has 1 amide bonds. The summed E-state index contributed by atoms with van der Waals surface area (Å²) in [6, 6.07) is 4.55. The molecule has 100 valence electrons. The molecule has 2 rings (SSSR count). The predicted octanol–water partition coefficient (Wildman–Crippen LogP) is 0.856. The molecule has 6 heteroatoms. The van der Waals surface area contributed by atoms with Crippen molar-refractivity contribution in [2.24, 2.45) is 0 Å². The fraction of sp³-hybridized carbons (Fsp3) is 0.308. The fourth-order valence-corrected chi connectivity index (χ4v) is 1.79. The molecule has 1 heterocycles. The predicted molar refractivity (Wildman–Crippen MR) is 65.5 cm³/mol. The third kappa shape index (κ3) is 3.09. The smallest absolute Gasteiger partial charge is 0.303 e. The minimum atomic E-state index is -1.02. The highest BCUT2D eigenvalue weighted by Gasteiger charge is 2.18. The van der Waals surface area contributed by atoms with Crippen LogP contribution in [0.4, 0.5) is 0 Å². The lowest BCUT2D eigenvalue weighted by atomic mass is 10.0. The highest BCUT2D eigenvalue weighted by molar-refractivity contribution is 6.02. The Morgan fingerprint density at radius 3 is 2.84 bits per heavy atom. The minimum Gasteiger partial charge on any atom is -0.491 e. The topological polar surface area (TPSA) is 92.7 Å². The molecule has 0 aromatic heterocycles. The molecular formula is C13H13NO5. The van der Waals surface area contributed by atoms with Crippen LogP contribution in [0, 0.1) is 0 Å². The Labute approximate surface area is 109 Å². The first-order valence-electron chi connectivity index (χ1n) is 5.88. The van der Waals surface area contributed by atoms with Crippen molar-refractivity contribution >= 4 is 17.7 Å². The second-order valence-corrected chi connectivity index (χ2v) is 4.13. The average Bonchev–Trinajstić information content (AvgIpc) is 2.58. The largest absolute Gasteiger partial charge is 0.491 e. The van der Waals surface area contributed by atoms with E-state index in [-0.39, 0.29) is 24.5 Å². The van der Waals surface area contributed by atoms with Crippen molar-refractivity contribution in [1.29, 1.82) is 0 Å². The van der Waals surface area contributed by atoms with Gasteiger partial charge in [0.2, 0.25) is 0 Å². The quantitative estimate of drug-likeness (QED) is 0.786. The number of carboxylic acid groups (broad SMARTS) is 1. The monoisotopic (exact) mass is 263 g/mol. The summed E-state index contributed by atoms with van der Waals surface area (Å²) in [6.07, 6.45) is -0.310. The number of carbonyl (C=O) groups is 3. The number of carbonyl (C=O) groups excluding carboxylic acids is 2. The van der Waals surface area contributed by atoms with E-state index in [0.717, 1.165) is 0 Å². The molecule has 1 aromatic rings. The van der Waals surface area contributed by atoms with Gasteiger partial charge in [-0.2, -0.15) is 0 Å². The summed E-state index contributed by atoms with van der Waals surface area (Å²) in [6.45, 7) is 0.793. The zero-order chi connectivity index (χ0) is 13.8. The lowest BCUT2D eigenvalue weighted by Gasteiger charge is -2.07. The summed E-state index contributed by atoms with van der Waals surface area (Å²) in [7, 11) is 0. The van der Waals surface area contributed by atoms with E-state index >= 15 is 0 Å². The van der Waals surface area contributed by atoms with Crippen LogP contribution in [0.5, 0.6) is 5.75 Å². The molecule has 0 atom stereocenters. The second kappa shape index (κ2) is 5.51. The van der Waals surface area contributed by atoms with Crippen LogP contribution in [0.2, 0.25) is 0 Å². The van der Waals surface area contributed by atoms with Gasteiger partial charge in [0.15, 0.2) is 5.78 Å². The third-order valence-electron chi connectivity index (χ3n) is 2.76. The summed E-state index contributed by atoms with van der Waals surface area (Å²) >= 11 is 0. The van der Waals surface area contributed by atoms with Gasteiger partial charge >= 0.3 is 5.97 Å². The molecule has 6 nitrogen and oxygen atoms in total. The number of Topliss-reactive ketones (excluding diaryl/α,β-unsaturated/α-hetero) is 1. The lowest BCUT2D eigenvalue weighted by Crippen LogP contribution is -2.24. The summed E-state index contributed by atoms with van der Waals surface area (Å²) in [4.78, 5) is 34.0. The first-order chi connectivity index (χ1) is 9.08. The number of hydrogen-bond acceptors (Lipinski definition) is 4. The van der Waals surface area contributed by atoms with Crippen molar-refractivity contribution in [3.8, 4) is 5.75 Å². The van der Waals surface area contributed by atoms with Crippen molar-refractivity contribution in [1.82, 2.24) is 5.32 Å². The normalized spacial score (nSPS) is 13.8. The summed E-state index contributed by atoms with van der Waals surface area (Å²) in [5.41, 5.74) is 0.624. The Morgan fingerprint density at radius 1 is 1.32 bits per heavy atom. The zero-order valence-corrected chi connectivity index (χ0v) is 10.1. The van der Waals surface area contributed by atoms with Crippen LogP contribution >= 0.6 is 0 Å². The summed E-state index contributed by atoms with van der Waals surface area (Å²) in [5.74, 6) is -1.18. The van der Waals surface area contributed by atoms with Gasteiger partial charge in [0.1, 0.15) is 12.4 Å². The van der Waals surface area contributed by atoms with Gasteiger partial charge in [-0.15, -0.1) is 0 Å². The molecule has 0 radical (unpaired) electrons. The number of benzene rings is 1. The molecule has 0 aliphatic carbocycles. The van der Waals surface area contributed by atoms with Gasteiger partial charge in [-0.1, -0.05) is 0 Å². The van der Waals surface area contributed by atoms with E-state index in [0.29, 0.717) is 30.0 Å². The highest BCUT2D eigenvalue weighted by Crippen LogP contribution is 2.22. The number of amides is 1. The van der Waals surface area contributed by atoms with E-state index in [2.05, 4.69) is 5.32 Å². The lowest BCUT2D eigenvalue weighted by molar-refractivity contribution is -0.136. The van der Waals surface area contributed by atoms with Crippen LogP contribution in [0.1, 0.15) is 33.6 Å². The van der Waals surface area contributed by atoms with Crippen molar-refractivity contribution in [3.05, 3.63) is 29.3 Å². The molecule has 0 saturated heterocycles. The Kier molecular flexibility index (Phi) is 3.79. The van der Waals surface area contributed by atoms with Gasteiger partial charge in [-0.05, 0) is 18.2 Å². The van der Waals surface area contributed by atoms with E-state index in [1.54, 1.807) is 12.1 Å². The van der Waals surface area contributed by atoms with Gasteiger partial charge in [0.05, 0.1) is 18.5 Å². The van der Waals surface area contributed by atoms with Crippen molar-refractivity contribution in [3.63, 3.8) is 0 Å². The SMILES string of the molecule is O=C(O)CCC(=O)c1ccc2c(c1)C(=O)NCCO2. The van der Waals surface area contributed by atoms with E-state index < -0.39 is 5.97 Å². The fourth-order valence-electron chi connectivity index (χ4n) is 1.79. The summed E-state index contributed by atoms with van der Waals surface area (Å²) < 4.78 is 5.36. The van der Waals surface area contributed by atoms with Gasteiger partial charge in [0, 0.05) is 12.0 Å². The van der Waals surface area contributed by atoms with E-state index in [1.807, 2.05) is 0 Å². The number of aliphatic carboxylic acids is 1. The van der Waals surface area contributed by atoms with Crippen LogP contribution in [-0.2, 0) is 4.79 Å². The van der Waals surface area contributed by atoms with Gasteiger partial charge in [-0.25, -0.2) is 0 Å². The maximum atomic E-state index is 11.8. The minimum absolute atomic E-state index is 0.0867. The highest BCUT2D eigenvalue weighted by atomic mass is 16.5. The van der Waals surface area contributed by atoms with Crippen LogP contribution in [0.25, 0.3) is 0 Å². The Morgan fingerprint density at radius 2 is 2.11 bits per heavy atom. The molecule has 0 unspecified atom stereocenters.